The van der Waals surface area contributed by atoms with E-state index in [9.17, 15) is 9.59 Å². The smallest absolute Gasteiger partial charge is 0.325 e. The first-order chi connectivity index (χ1) is 12.4. The fourth-order valence-corrected chi connectivity index (χ4v) is 3.29. The third-order valence-electron chi connectivity index (χ3n) is 3.65. The number of hydrogen-bond acceptors (Lipinski definition) is 4. The molecule has 0 spiro atoms. The Hall–Kier alpha value is -2.51. The summed E-state index contributed by atoms with van der Waals surface area (Å²) in [6.07, 6.45) is 0. The molecule has 0 atom stereocenters. The predicted octanol–water partition coefficient (Wildman–Crippen LogP) is 4.27. The highest BCUT2D eigenvalue weighted by molar-refractivity contribution is 7.99. The Morgan fingerprint density at radius 3 is 2.77 bits per heavy atom. The molecule has 3 amide bonds. The van der Waals surface area contributed by atoms with Gasteiger partial charge in [0.05, 0.1) is 16.8 Å². The number of halogens is 1. The third kappa shape index (κ3) is 4.56. The Labute approximate surface area is 159 Å². The lowest BCUT2D eigenvalue weighted by Crippen LogP contribution is -2.35. The van der Waals surface area contributed by atoms with Crippen molar-refractivity contribution in [3.8, 4) is 0 Å². The van der Waals surface area contributed by atoms with Crippen LogP contribution in [0.4, 0.5) is 10.5 Å². The van der Waals surface area contributed by atoms with Gasteiger partial charge in [-0.25, -0.2) is 9.78 Å². The number of hydrogen-bond donors (Lipinski definition) is 3. The molecule has 26 heavy (non-hydrogen) atoms. The van der Waals surface area contributed by atoms with Gasteiger partial charge in [-0.2, -0.15) is 0 Å². The number of urea groups is 1. The van der Waals surface area contributed by atoms with Crippen LogP contribution in [0.5, 0.6) is 0 Å². The number of benzene rings is 2. The zero-order chi connectivity index (χ0) is 18.7. The molecule has 0 saturated carbocycles. The minimum Gasteiger partial charge on any atom is -0.333 e. The van der Waals surface area contributed by atoms with E-state index in [1.54, 1.807) is 18.2 Å². The molecule has 0 radical (unpaired) electrons. The lowest BCUT2D eigenvalue weighted by atomic mass is 10.1. The normalized spacial score (nSPS) is 10.7. The Balaban J connectivity index is 1.53. The first-order valence-corrected chi connectivity index (χ1v) is 9.23. The van der Waals surface area contributed by atoms with Crippen LogP contribution in [0.1, 0.15) is 11.1 Å². The molecule has 3 aromatic rings. The topological polar surface area (TPSA) is 86.9 Å². The van der Waals surface area contributed by atoms with Gasteiger partial charge < -0.3 is 10.3 Å². The number of nitrogens with one attached hydrogen (secondary N) is 3. The summed E-state index contributed by atoms with van der Waals surface area (Å²) in [4.78, 5) is 31.4. The molecule has 0 fully saturated rings. The summed E-state index contributed by atoms with van der Waals surface area (Å²) in [5.74, 6) is -0.343. The standard InChI is InChI=1S/C18H17ClN4O2S/c1-10-3-5-13(11(2)7-10)20-17(25)23-16(24)9-26-18-21-14-6-4-12(19)8-15(14)22-18/h3-8H,9H2,1-2H3,(H,21,22)(H2,20,23,24,25). The molecule has 3 N–H and O–H groups in total. The Kier molecular flexibility index (Phi) is 5.49. The highest BCUT2D eigenvalue weighted by Crippen LogP contribution is 2.22. The van der Waals surface area contributed by atoms with E-state index in [2.05, 4.69) is 20.6 Å². The molecule has 0 aliphatic carbocycles. The second-order valence-electron chi connectivity index (χ2n) is 5.81. The molecular formula is C18H17ClN4O2S. The summed E-state index contributed by atoms with van der Waals surface area (Å²) in [5, 5.41) is 6.19. The number of imide groups is 1. The van der Waals surface area contributed by atoms with Crippen molar-refractivity contribution in [2.75, 3.05) is 11.1 Å². The fraction of sp³-hybridized carbons (Fsp3) is 0.167. The van der Waals surface area contributed by atoms with Crippen LogP contribution in [0.15, 0.2) is 41.6 Å². The summed E-state index contributed by atoms with van der Waals surface area (Å²) in [5.41, 5.74) is 4.27. The largest absolute Gasteiger partial charge is 0.333 e. The van der Waals surface area contributed by atoms with Crippen molar-refractivity contribution in [1.82, 2.24) is 15.3 Å². The Morgan fingerprint density at radius 2 is 2.00 bits per heavy atom. The highest BCUT2D eigenvalue weighted by atomic mass is 35.5. The van der Waals surface area contributed by atoms with E-state index in [1.165, 1.54) is 11.8 Å². The maximum absolute atomic E-state index is 12.0. The van der Waals surface area contributed by atoms with Crippen LogP contribution in [0.3, 0.4) is 0 Å². The molecule has 0 unspecified atom stereocenters. The number of rotatable bonds is 4. The van der Waals surface area contributed by atoms with E-state index in [1.807, 2.05) is 32.0 Å². The number of anilines is 1. The van der Waals surface area contributed by atoms with Crippen molar-refractivity contribution in [3.63, 3.8) is 0 Å². The van der Waals surface area contributed by atoms with Crippen molar-refractivity contribution in [2.24, 2.45) is 0 Å². The number of carbonyl (C=O) groups excluding carboxylic acids is 2. The van der Waals surface area contributed by atoms with Gasteiger partial charge in [0.1, 0.15) is 0 Å². The summed E-state index contributed by atoms with van der Waals surface area (Å²) >= 11 is 7.15. The van der Waals surface area contributed by atoms with E-state index in [0.29, 0.717) is 15.9 Å². The molecule has 0 aliphatic heterocycles. The number of H-pyrrole nitrogens is 1. The van der Waals surface area contributed by atoms with Crippen LogP contribution < -0.4 is 10.6 Å². The lowest BCUT2D eigenvalue weighted by Gasteiger charge is -2.09. The van der Waals surface area contributed by atoms with E-state index >= 15 is 0 Å². The van der Waals surface area contributed by atoms with Crippen LogP contribution in [-0.4, -0.2) is 27.7 Å². The fourth-order valence-electron chi connectivity index (χ4n) is 2.43. The van der Waals surface area contributed by atoms with Crippen LogP contribution in [0.25, 0.3) is 11.0 Å². The molecule has 0 aliphatic rings. The van der Waals surface area contributed by atoms with Crippen molar-refractivity contribution < 1.29 is 9.59 Å². The van der Waals surface area contributed by atoms with E-state index in [-0.39, 0.29) is 5.75 Å². The maximum atomic E-state index is 12.0. The molecule has 6 nitrogen and oxygen atoms in total. The number of amides is 3. The molecule has 2 aromatic carbocycles. The molecular weight excluding hydrogens is 372 g/mol. The summed E-state index contributed by atoms with van der Waals surface area (Å²) in [7, 11) is 0. The second-order valence-corrected chi connectivity index (χ2v) is 7.21. The first-order valence-electron chi connectivity index (χ1n) is 7.87. The Morgan fingerprint density at radius 1 is 1.19 bits per heavy atom. The summed E-state index contributed by atoms with van der Waals surface area (Å²) in [6, 6.07) is 10.4. The SMILES string of the molecule is Cc1ccc(NC(=O)NC(=O)CSc2nc3ccc(Cl)cc3[nH]2)c(C)c1. The van der Waals surface area contributed by atoms with Gasteiger partial charge in [-0.1, -0.05) is 41.1 Å². The van der Waals surface area contributed by atoms with Crippen molar-refractivity contribution in [3.05, 3.63) is 52.5 Å². The summed E-state index contributed by atoms with van der Waals surface area (Å²) in [6.45, 7) is 3.87. The molecule has 1 heterocycles. The monoisotopic (exact) mass is 388 g/mol. The molecule has 1 aromatic heterocycles. The number of imidazole rings is 1. The van der Waals surface area contributed by atoms with Gasteiger partial charge in [0.25, 0.3) is 0 Å². The van der Waals surface area contributed by atoms with Gasteiger partial charge in [-0.3, -0.25) is 10.1 Å². The van der Waals surface area contributed by atoms with E-state index in [4.69, 9.17) is 11.6 Å². The minimum atomic E-state index is -0.557. The van der Waals surface area contributed by atoms with Crippen LogP contribution in [0.2, 0.25) is 5.02 Å². The molecule has 134 valence electrons. The van der Waals surface area contributed by atoms with Gasteiger partial charge >= 0.3 is 6.03 Å². The second kappa shape index (κ2) is 7.80. The average Bonchev–Trinajstić information content (AvgIpc) is 2.97. The van der Waals surface area contributed by atoms with Gasteiger partial charge in [0.15, 0.2) is 5.16 Å². The van der Waals surface area contributed by atoms with Crippen molar-refractivity contribution >= 4 is 52.0 Å². The number of aromatic amines is 1. The van der Waals surface area contributed by atoms with Gasteiger partial charge in [0.2, 0.25) is 5.91 Å². The number of thioether (sulfide) groups is 1. The van der Waals surface area contributed by atoms with Crippen molar-refractivity contribution in [2.45, 2.75) is 19.0 Å². The van der Waals surface area contributed by atoms with Gasteiger partial charge in [0, 0.05) is 10.7 Å². The number of fused-ring (bicyclic) bond motifs is 1. The molecule has 0 saturated heterocycles. The van der Waals surface area contributed by atoms with Crippen LogP contribution in [0, 0.1) is 13.8 Å². The Bertz CT molecular complexity index is 986. The third-order valence-corrected chi connectivity index (χ3v) is 4.75. The predicted molar refractivity (Wildman–Crippen MR) is 105 cm³/mol. The van der Waals surface area contributed by atoms with Crippen LogP contribution >= 0.6 is 23.4 Å². The minimum absolute atomic E-state index is 0.0633. The molecule has 8 heteroatoms. The summed E-state index contributed by atoms with van der Waals surface area (Å²) < 4.78 is 0. The van der Waals surface area contributed by atoms with Gasteiger partial charge in [-0.05, 0) is 43.7 Å². The highest BCUT2D eigenvalue weighted by Gasteiger charge is 2.11. The molecule has 0 bridgehead atoms. The molecule has 3 rings (SSSR count). The van der Waals surface area contributed by atoms with Crippen LogP contribution in [-0.2, 0) is 4.79 Å². The maximum Gasteiger partial charge on any atom is 0.325 e. The van der Waals surface area contributed by atoms with E-state index < -0.39 is 11.9 Å². The van der Waals surface area contributed by atoms with Crippen molar-refractivity contribution in [1.29, 1.82) is 0 Å². The zero-order valence-electron chi connectivity index (χ0n) is 14.2. The van der Waals surface area contributed by atoms with Gasteiger partial charge in [-0.15, -0.1) is 0 Å². The van der Waals surface area contributed by atoms with E-state index in [0.717, 1.165) is 22.2 Å². The zero-order valence-corrected chi connectivity index (χ0v) is 15.8. The number of nitrogens with zero attached hydrogens (tertiary/aromatic N) is 1. The number of aryl methyl sites for hydroxylation is 2. The number of aromatic nitrogens is 2. The lowest BCUT2D eigenvalue weighted by molar-refractivity contribution is -0.117. The quantitative estimate of drug-likeness (QED) is 0.582. The first kappa shape index (κ1) is 18.3. The number of carbonyl (C=O) groups is 2. The average molecular weight is 389 g/mol.